The van der Waals surface area contributed by atoms with Crippen LogP contribution in [0, 0.1) is 5.92 Å². The number of amides is 1. The molecule has 98 valence electrons. The Kier molecular flexibility index (Phi) is 4.33. The van der Waals surface area contributed by atoms with E-state index in [4.69, 9.17) is 0 Å². The molecule has 2 unspecified atom stereocenters. The Morgan fingerprint density at radius 2 is 1.94 bits per heavy atom. The molecule has 1 amide bonds. The first-order valence-electron chi connectivity index (χ1n) is 6.63. The van der Waals surface area contributed by atoms with Gasteiger partial charge in [-0.25, -0.2) is 0 Å². The second-order valence-corrected chi connectivity index (χ2v) is 5.94. The number of rotatable bonds is 2. The van der Waals surface area contributed by atoms with E-state index in [0.717, 1.165) is 23.4 Å². The van der Waals surface area contributed by atoms with Gasteiger partial charge >= 0.3 is 0 Å². The summed E-state index contributed by atoms with van der Waals surface area (Å²) in [5, 5.41) is 0. The zero-order valence-corrected chi connectivity index (χ0v) is 12.0. The van der Waals surface area contributed by atoms with Crippen LogP contribution < -0.4 is 0 Å². The van der Waals surface area contributed by atoms with Crippen LogP contribution in [0.3, 0.4) is 0 Å². The van der Waals surface area contributed by atoms with Gasteiger partial charge in [-0.15, -0.1) is 12.6 Å². The fourth-order valence-electron chi connectivity index (χ4n) is 2.53. The van der Waals surface area contributed by atoms with Gasteiger partial charge in [-0.3, -0.25) is 4.79 Å². The average molecular weight is 263 g/mol. The minimum Gasteiger partial charge on any atom is -0.339 e. The van der Waals surface area contributed by atoms with Gasteiger partial charge in [0, 0.05) is 17.5 Å². The molecule has 0 aliphatic carbocycles. The number of likely N-dealkylation sites (tertiary alicyclic amines) is 1. The van der Waals surface area contributed by atoms with E-state index in [1.165, 1.54) is 6.42 Å². The van der Waals surface area contributed by atoms with E-state index in [9.17, 15) is 4.79 Å². The van der Waals surface area contributed by atoms with Crippen molar-refractivity contribution < 1.29 is 4.79 Å². The number of carbonyl (C=O) groups is 1. The van der Waals surface area contributed by atoms with Crippen LogP contribution in [-0.2, 0) is 11.2 Å². The molecule has 0 bridgehead atoms. The molecule has 0 saturated carbocycles. The normalized spacial score (nSPS) is 24.1. The first-order chi connectivity index (χ1) is 8.56. The van der Waals surface area contributed by atoms with E-state index in [-0.39, 0.29) is 5.91 Å². The summed E-state index contributed by atoms with van der Waals surface area (Å²) >= 11 is 4.25. The summed E-state index contributed by atoms with van der Waals surface area (Å²) in [6.07, 6.45) is 2.87. The van der Waals surface area contributed by atoms with Crippen LogP contribution in [0.1, 0.15) is 32.3 Å². The third-order valence-electron chi connectivity index (χ3n) is 3.73. The van der Waals surface area contributed by atoms with Gasteiger partial charge in [0.15, 0.2) is 0 Å². The van der Waals surface area contributed by atoms with Gasteiger partial charge in [-0.2, -0.15) is 0 Å². The predicted molar refractivity (Wildman–Crippen MR) is 77.0 cm³/mol. The second-order valence-electron chi connectivity index (χ2n) is 5.42. The number of nitrogens with zero attached hydrogens (tertiary/aromatic N) is 1. The van der Waals surface area contributed by atoms with E-state index in [1.54, 1.807) is 0 Å². The Hall–Kier alpha value is -0.960. The van der Waals surface area contributed by atoms with Crippen LogP contribution in [0.4, 0.5) is 0 Å². The fraction of sp³-hybridized carbons (Fsp3) is 0.533. The van der Waals surface area contributed by atoms with Crippen LogP contribution in [0.15, 0.2) is 29.2 Å². The molecule has 1 heterocycles. The van der Waals surface area contributed by atoms with E-state index in [2.05, 4.69) is 26.5 Å². The molecule has 1 aromatic carbocycles. The van der Waals surface area contributed by atoms with Crippen molar-refractivity contribution in [3.63, 3.8) is 0 Å². The highest BCUT2D eigenvalue weighted by molar-refractivity contribution is 7.80. The Morgan fingerprint density at radius 3 is 2.61 bits per heavy atom. The van der Waals surface area contributed by atoms with Crippen LogP contribution in [0.25, 0.3) is 0 Å². The molecule has 2 atom stereocenters. The van der Waals surface area contributed by atoms with Crippen LogP contribution in [0.2, 0.25) is 0 Å². The van der Waals surface area contributed by atoms with Gasteiger partial charge in [0.1, 0.15) is 0 Å². The average Bonchev–Trinajstić information content (AvgIpc) is 2.35. The lowest BCUT2D eigenvalue weighted by molar-refractivity contribution is -0.134. The van der Waals surface area contributed by atoms with Crippen molar-refractivity contribution in [3.8, 4) is 0 Å². The van der Waals surface area contributed by atoms with Crippen LogP contribution >= 0.6 is 12.6 Å². The number of hydrogen-bond donors (Lipinski definition) is 1. The van der Waals surface area contributed by atoms with Crippen LogP contribution in [-0.4, -0.2) is 23.4 Å². The molecule has 3 heteroatoms. The molecule has 0 aromatic heterocycles. The number of piperidine rings is 1. The Morgan fingerprint density at radius 1 is 1.28 bits per heavy atom. The smallest absolute Gasteiger partial charge is 0.227 e. The summed E-state index contributed by atoms with van der Waals surface area (Å²) in [7, 11) is 0. The maximum absolute atomic E-state index is 12.3. The molecule has 0 radical (unpaired) electrons. The van der Waals surface area contributed by atoms with Crippen molar-refractivity contribution in [1.82, 2.24) is 4.90 Å². The molecule has 1 aliphatic heterocycles. The molecule has 1 fully saturated rings. The number of benzene rings is 1. The highest BCUT2D eigenvalue weighted by Gasteiger charge is 2.26. The van der Waals surface area contributed by atoms with Gasteiger partial charge in [0.05, 0.1) is 6.42 Å². The van der Waals surface area contributed by atoms with Gasteiger partial charge in [0.25, 0.3) is 0 Å². The fourth-order valence-corrected chi connectivity index (χ4v) is 2.68. The van der Waals surface area contributed by atoms with Crippen molar-refractivity contribution in [1.29, 1.82) is 0 Å². The Bertz CT molecular complexity index is 415. The summed E-state index contributed by atoms with van der Waals surface area (Å²) in [4.78, 5) is 15.3. The maximum Gasteiger partial charge on any atom is 0.227 e. The molecular formula is C15H21NOS. The van der Waals surface area contributed by atoms with Gasteiger partial charge < -0.3 is 4.90 Å². The third kappa shape index (κ3) is 3.29. The molecular weight excluding hydrogens is 242 g/mol. The van der Waals surface area contributed by atoms with E-state index < -0.39 is 0 Å². The first-order valence-corrected chi connectivity index (χ1v) is 7.08. The number of carbonyl (C=O) groups excluding carboxylic acids is 1. The summed E-state index contributed by atoms with van der Waals surface area (Å²) in [6, 6.07) is 8.23. The summed E-state index contributed by atoms with van der Waals surface area (Å²) in [6.45, 7) is 5.28. The lowest BCUT2D eigenvalue weighted by Gasteiger charge is -2.37. The molecule has 2 rings (SSSR count). The van der Waals surface area contributed by atoms with Crippen LogP contribution in [0.5, 0.6) is 0 Å². The highest BCUT2D eigenvalue weighted by Crippen LogP contribution is 2.22. The molecule has 0 N–H and O–H groups in total. The van der Waals surface area contributed by atoms with Crippen molar-refractivity contribution >= 4 is 18.5 Å². The SMILES string of the molecule is CC1CCC(C)N(C(=O)Cc2ccc(S)cc2)C1. The number of hydrogen-bond acceptors (Lipinski definition) is 2. The summed E-state index contributed by atoms with van der Waals surface area (Å²) in [5.41, 5.74) is 1.07. The predicted octanol–water partition coefficient (Wildman–Crippen LogP) is 3.16. The molecule has 1 aliphatic rings. The highest BCUT2D eigenvalue weighted by atomic mass is 32.1. The van der Waals surface area contributed by atoms with Crippen molar-refractivity contribution in [2.75, 3.05) is 6.54 Å². The molecule has 18 heavy (non-hydrogen) atoms. The zero-order valence-electron chi connectivity index (χ0n) is 11.1. The van der Waals surface area contributed by atoms with Gasteiger partial charge in [0.2, 0.25) is 5.91 Å². The lowest BCUT2D eigenvalue weighted by Crippen LogP contribution is -2.45. The minimum atomic E-state index is 0.251. The summed E-state index contributed by atoms with van der Waals surface area (Å²) in [5.74, 6) is 0.880. The van der Waals surface area contributed by atoms with Crippen molar-refractivity contribution in [2.45, 2.75) is 44.0 Å². The Labute approximate surface area is 115 Å². The minimum absolute atomic E-state index is 0.251. The third-order valence-corrected chi connectivity index (χ3v) is 4.03. The summed E-state index contributed by atoms with van der Waals surface area (Å²) < 4.78 is 0. The lowest BCUT2D eigenvalue weighted by atomic mass is 9.94. The first kappa shape index (κ1) is 13.5. The molecule has 0 spiro atoms. The maximum atomic E-state index is 12.3. The topological polar surface area (TPSA) is 20.3 Å². The largest absolute Gasteiger partial charge is 0.339 e. The Balaban J connectivity index is 2.00. The van der Waals surface area contributed by atoms with Crippen molar-refractivity contribution in [2.24, 2.45) is 5.92 Å². The zero-order chi connectivity index (χ0) is 13.1. The van der Waals surface area contributed by atoms with Gasteiger partial charge in [-0.1, -0.05) is 19.1 Å². The molecule has 2 nitrogen and oxygen atoms in total. The van der Waals surface area contributed by atoms with E-state index in [1.807, 2.05) is 29.2 Å². The van der Waals surface area contributed by atoms with Gasteiger partial charge in [-0.05, 0) is 43.4 Å². The quantitative estimate of drug-likeness (QED) is 0.813. The standard InChI is InChI=1S/C15H21NOS/c1-11-3-4-12(2)16(10-11)15(17)9-13-5-7-14(18)8-6-13/h5-8,11-12,18H,3-4,9-10H2,1-2H3. The number of thiol groups is 1. The van der Waals surface area contributed by atoms with E-state index >= 15 is 0 Å². The second kappa shape index (κ2) is 5.79. The molecule has 1 saturated heterocycles. The monoisotopic (exact) mass is 263 g/mol. The van der Waals surface area contributed by atoms with E-state index in [0.29, 0.717) is 18.4 Å². The molecule has 1 aromatic rings. The van der Waals surface area contributed by atoms with Crippen molar-refractivity contribution in [3.05, 3.63) is 29.8 Å².